The van der Waals surface area contributed by atoms with Crippen molar-refractivity contribution < 1.29 is 9.90 Å². The molecule has 0 spiro atoms. The third-order valence-electron chi connectivity index (χ3n) is 3.48. The van der Waals surface area contributed by atoms with Crippen LogP contribution in [-0.2, 0) is 4.79 Å². The highest BCUT2D eigenvalue weighted by atomic mass is 32.2. The number of pyridine rings is 1. The molecule has 1 N–H and O–H groups in total. The fraction of sp³-hybridized carbons (Fsp3) is 0.250. The number of ketones is 1. The summed E-state index contributed by atoms with van der Waals surface area (Å²) in [5, 5.41) is 9.81. The van der Waals surface area contributed by atoms with Crippen molar-refractivity contribution in [2.24, 2.45) is 0 Å². The fourth-order valence-electron chi connectivity index (χ4n) is 2.47. The second-order valence-electron chi connectivity index (χ2n) is 4.94. The molecule has 3 rings (SSSR count). The summed E-state index contributed by atoms with van der Waals surface area (Å²) >= 11 is 1.69. The van der Waals surface area contributed by atoms with Crippen LogP contribution in [0.15, 0.2) is 47.4 Å². The molecule has 3 nitrogen and oxygen atoms in total. The van der Waals surface area contributed by atoms with Gasteiger partial charge < -0.3 is 5.11 Å². The van der Waals surface area contributed by atoms with E-state index in [0.717, 1.165) is 22.6 Å². The number of aromatic nitrogens is 1. The lowest BCUT2D eigenvalue weighted by atomic mass is 10.0. The van der Waals surface area contributed by atoms with Crippen LogP contribution in [0.3, 0.4) is 0 Å². The van der Waals surface area contributed by atoms with Gasteiger partial charge in [-0.25, -0.2) is 0 Å². The Bertz CT molecular complexity index is 671. The average Bonchev–Trinajstić information content (AvgIpc) is 2.78. The summed E-state index contributed by atoms with van der Waals surface area (Å²) in [7, 11) is 0. The van der Waals surface area contributed by atoms with Gasteiger partial charge in [0.15, 0.2) is 5.78 Å². The number of aryl methyl sites for hydroxylation is 1. The number of rotatable bonds is 2. The van der Waals surface area contributed by atoms with Gasteiger partial charge in [-0.15, -0.1) is 11.8 Å². The molecule has 0 saturated heterocycles. The standard InChI is InChI=1S/C16H15NO2S/c1-10-8-11(6-7-17-10)15-5-2-12(9-20-15)16-13(18)3-4-14(16)19/h2,5-8,18H,3-4,9H2,1H3. The smallest absolute Gasteiger partial charge is 0.166 e. The molecule has 2 aliphatic rings. The van der Waals surface area contributed by atoms with Gasteiger partial charge in [0.1, 0.15) is 5.76 Å². The van der Waals surface area contributed by atoms with E-state index in [4.69, 9.17) is 0 Å². The number of carbonyl (C=O) groups excluding carboxylic acids is 1. The molecular weight excluding hydrogens is 270 g/mol. The zero-order valence-electron chi connectivity index (χ0n) is 11.2. The molecule has 0 atom stereocenters. The van der Waals surface area contributed by atoms with Crippen molar-refractivity contribution in [2.75, 3.05) is 5.75 Å². The predicted molar refractivity (Wildman–Crippen MR) is 81.4 cm³/mol. The molecule has 1 aliphatic carbocycles. The second-order valence-corrected chi connectivity index (χ2v) is 5.96. The first-order valence-electron chi connectivity index (χ1n) is 6.57. The van der Waals surface area contributed by atoms with Gasteiger partial charge >= 0.3 is 0 Å². The van der Waals surface area contributed by atoms with Crippen molar-refractivity contribution >= 4 is 22.5 Å². The van der Waals surface area contributed by atoms with Crippen LogP contribution in [0.1, 0.15) is 24.1 Å². The molecule has 4 heteroatoms. The van der Waals surface area contributed by atoms with E-state index in [1.165, 1.54) is 4.91 Å². The van der Waals surface area contributed by atoms with Gasteiger partial charge in [-0.2, -0.15) is 0 Å². The molecule has 0 aromatic carbocycles. The molecule has 0 fully saturated rings. The van der Waals surface area contributed by atoms with Crippen molar-refractivity contribution in [1.29, 1.82) is 0 Å². The van der Waals surface area contributed by atoms with Gasteiger partial charge in [-0.05, 0) is 36.3 Å². The molecule has 2 heterocycles. The lowest BCUT2D eigenvalue weighted by Crippen LogP contribution is -2.05. The van der Waals surface area contributed by atoms with Gasteiger partial charge in [0.05, 0.1) is 5.57 Å². The highest BCUT2D eigenvalue weighted by molar-refractivity contribution is 8.08. The Morgan fingerprint density at radius 3 is 2.75 bits per heavy atom. The summed E-state index contributed by atoms with van der Waals surface area (Å²) in [6.45, 7) is 1.97. The molecule has 102 valence electrons. The molecule has 0 amide bonds. The van der Waals surface area contributed by atoms with E-state index in [-0.39, 0.29) is 11.5 Å². The molecule has 1 aromatic rings. The van der Waals surface area contributed by atoms with Crippen LogP contribution in [-0.4, -0.2) is 21.6 Å². The number of carbonyl (C=O) groups is 1. The van der Waals surface area contributed by atoms with Gasteiger partial charge in [0.2, 0.25) is 0 Å². The SMILES string of the molecule is Cc1cc(C2=CC=C(C3=C(O)CCC3=O)CS2)ccn1. The Balaban J connectivity index is 1.90. The molecule has 0 bridgehead atoms. The van der Waals surface area contributed by atoms with E-state index in [2.05, 4.69) is 11.1 Å². The van der Waals surface area contributed by atoms with Crippen LogP contribution in [0, 0.1) is 6.92 Å². The topological polar surface area (TPSA) is 50.2 Å². The number of nitrogens with zero attached hydrogens (tertiary/aromatic N) is 1. The monoisotopic (exact) mass is 285 g/mol. The minimum absolute atomic E-state index is 0.0611. The Morgan fingerprint density at radius 2 is 2.15 bits per heavy atom. The Morgan fingerprint density at radius 1 is 1.30 bits per heavy atom. The van der Waals surface area contributed by atoms with E-state index in [9.17, 15) is 9.90 Å². The van der Waals surface area contributed by atoms with Crippen LogP contribution >= 0.6 is 11.8 Å². The first-order chi connectivity index (χ1) is 9.65. The number of hydrogen-bond acceptors (Lipinski definition) is 4. The number of aliphatic hydroxyl groups excluding tert-OH is 1. The average molecular weight is 285 g/mol. The fourth-order valence-corrected chi connectivity index (χ4v) is 3.48. The lowest BCUT2D eigenvalue weighted by molar-refractivity contribution is -0.114. The third-order valence-corrected chi connectivity index (χ3v) is 4.62. The van der Waals surface area contributed by atoms with Crippen molar-refractivity contribution in [2.45, 2.75) is 19.8 Å². The van der Waals surface area contributed by atoms with Crippen LogP contribution in [0.4, 0.5) is 0 Å². The first-order valence-corrected chi connectivity index (χ1v) is 7.56. The summed E-state index contributed by atoms with van der Waals surface area (Å²) in [5.41, 5.74) is 3.61. The summed E-state index contributed by atoms with van der Waals surface area (Å²) in [4.78, 5) is 17.1. The number of Topliss-reactive ketones (excluding diaryl/α,β-unsaturated/α-hetero) is 1. The molecule has 20 heavy (non-hydrogen) atoms. The molecule has 0 saturated carbocycles. The Hall–Kier alpha value is -1.81. The maximum absolute atomic E-state index is 11.8. The first kappa shape index (κ1) is 13.2. The second kappa shape index (κ2) is 5.29. The van der Waals surface area contributed by atoms with Gasteiger partial charge in [-0.1, -0.05) is 6.08 Å². The van der Waals surface area contributed by atoms with Gasteiger partial charge in [0, 0.05) is 35.4 Å². The van der Waals surface area contributed by atoms with Crippen LogP contribution in [0.5, 0.6) is 0 Å². The maximum Gasteiger partial charge on any atom is 0.166 e. The highest BCUT2D eigenvalue weighted by Crippen LogP contribution is 2.37. The van der Waals surface area contributed by atoms with Crippen molar-refractivity contribution in [3.05, 3.63) is 58.6 Å². The maximum atomic E-state index is 11.8. The highest BCUT2D eigenvalue weighted by Gasteiger charge is 2.26. The molecular formula is C16H15NO2S. The minimum Gasteiger partial charge on any atom is -0.512 e. The Labute approximate surface area is 122 Å². The third kappa shape index (κ3) is 2.43. The summed E-state index contributed by atoms with van der Waals surface area (Å²) in [6, 6.07) is 4.04. The van der Waals surface area contributed by atoms with Crippen molar-refractivity contribution in [3.8, 4) is 0 Å². The Kier molecular flexibility index (Phi) is 3.49. The van der Waals surface area contributed by atoms with E-state index < -0.39 is 0 Å². The van der Waals surface area contributed by atoms with Gasteiger partial charge in [0.25, 0.3) is 0 Å². The molecule has 1 aromatic heterocycles. The quantitative estimate of drug-likeness (QED) is 0.902. The lowest BCUT2D eigenvalue weighted by Gasteiger charge is -2.15. The largest absolute Gasteiger partial charge is 0.512 e. The van der Waals surface area contributed by atoms with Crippen LogP contribution in [0.25, 0.3) is 4.91 Å². The molecule has 0 unspecified atom stereocenters. The normalized spacial score (nSPS) is 19.1. The number of thioether (sulfide) groups is 1. The van der Waals surface area contributed by atoms with E-state index in [0.29, 0.717) is 18.4 Å². The van der Waals surface area contributed by atoms with Crippen molar-refractivity contribution in [3.63, 3.8) is 0 Å². The van der Waals surface area contributed by atoms with Crippen LogP contribution in [0.2, 0.25) is 0 Å². The number of allylic oxidation sites excluding steroid dienone is 4. The number of hydrogen-bond donors (Lipinski definition) is 1. The summed E-state index contributed by atoms with van der Waals surface area (Å²) in [5.74, 6) is 1.03. The van der Waals surface area contributed by atoms with E-state index >= 15 is 0 Å². The zero-order chi connectivity index (χ0) is 14.1. The summed E-state index contributed by atoms with van der Waals surface area (Å²) in [6.07, 6.45) is 6.69. The molecule has 1 aliphatic heterocycles. The zero-order valence-corrected chi connectivity index (χ0v) is 12.0. The van der Waals surface area contributed by atoms with Crippen LogP contribution < -0.4 is 0 Å². The number of aliphatic hydroxyl groups is 1. The van der Waals surface area contributed by atoms with E-state index in [1.807, 2.05) is 25.1 Å². The predicted octanol–water partition coefficient (Wildman–Crippen LogP) is 3.58. The summed E-state index contributed by atoms with van der Waals surface area (Å²) < 4.78 is 0. The van der Waals surface area contributed by atoms with Gasteiger partial charge in [-0.3, -0.25) is 9.78 Å². The minimum atomic E-state index is 0.0611. The van der Waals surface area contributed by atoms with E-state index in [1.54, 1.807) is 18.0 Å². The van der Waals surface area contributed by atoms with Crippen molar-refractivity contribution in [1.82, 2.24) is 4.98 Å². The molecule has 0 radical (unpaired) electrons.